The molecule has 0 unspecified atom stereocenters. The Hall–Kier alpha value is -2.21. The number of pyridine rings is 1. The summed E-state index contributed by atoms with van der Waals surface area (Å²) in [5, 5.41) is 3.29. The molecule has 110 valence electrons. The van der Waals surface area contributed by atoms with Gasteiger partial charge in [0.05, 0.1) is 6.20 Å². The molecule has 4 nitrogen and oxygen atoms in total. The first-order chi connectivity index (χ1) is 10.2. The summed E-state index contributed by atoms with van der Waals surface area (Å²) in [7, 11) is 0. The number of piperazine rings is 1. The molecule has 1 aromatic carbocycles. The minimum absolute atomic E-state index is 0.230. The third kappa shape index (κ3) is 3.28. The van der Waals surface area contributed by atoms with E-state index in [1.54, 1.807) is 12.1 Å². The summed E-state index contributed by atoms with van der Waals surface area (Å²) < 4.78 is 31.6. The predicted octanol–water partition coefficient (Wildman–Crippen LogP) is 2.56. The molecule has 0 bridgehead atoms. The number of anilines is 1. The second-order valence-electron chi connectivity index (χ2n) is 4.77. The lowest BCUT2D eigenvalue weighted by molar-refractivity contribution is 0.416. The molecule has 2 aromatic rings. The third-order valence-corrected chi connectivity index (χ3v) is 3.31. The largest absolute Gasteiger partial charge is 0.436 e. The minimum Gasteiger partial charge on any atom is -0.436 e. The number of nitrogens with one attached hydrogen (secondary N) is 1. The van der Waals surface area contributed by atoms with E-state index >= 15 is 0 Å². The van der Waals surface area contributed by atoms with Crippen LogP contribution in [0.4, 0.5) is 14.5 Å². The van der Waals surface area contributed by atoms with E-state index in [0.717, 1.165) is 44.1 Å². The molecule has 1 N–H and O–H groups in total. The van der Waals surface area contributed by atoms with Crippen molar-refractivity contribution in [3.05, 3.63) is 48.2 Å². The number of benzene rings is 1. The van der Waals surface area contributed by atoms with Crippen LogP contribution < -0.4 is 15.0 Å². The van der Waals surface area contributed by atoms with E-state index < -0.39 is 11.6 Å². The van der Waals surface area contributed by atoms with Crippen LogP contribution in [0.15, 0.2) is 36.5 Å². The molecule has 21 heavy (non-hydrogen) atoms. The highest BCUT2D eigenvalue weighted by molar-refractivity contribution is 5.49. The zero-order valence-corrected chi connectivity index (χ0v) is 11.4. The SMILES string of the molecule is Fc1cnc(Oc2ccc(N3CCNCC3)cc2)c(F)c1. The molecule has 1 saturated heterocycles. The lowest BCUT2D eigenvalue weighted by Crippen LogP contribution is -2.43. The first-order valence-electron chi connectivity index (χ1n) is 6.77. The van der Waals surface area contributed by atoms with E-state index in [2.05, 4.69) is 15.2 Å². The molecule has 2 heterocycles. The summed E-state index contributed by atoms with van der Waals surface area (Å²) in [4.78, 5) is 5.86. The monoisotopic (exact) mass is 291 g/mol. The predicted molar refractivity (Wildman–Crippen MR) is 75.8 cm³/mol. The zero-order chi connectivity index (χ0) is 14.7. The van der Waals surface area contributed by atoms with Gasteiger partial charge in [-0.25, -0.2) is 13.8 Å². The molecule has 0 atom stereocenters. The first kappa shape index (κ1) is 13.8. The van der Waals surface area contributed by atoms with Crippen LogP contribution in [-0.4, -0.2) is 31.2 Å². The van der Waals surface area contributed by atoms with Crippen molar-refractivity contribution in [2.75, 3.05) is 31.1 Å². The molecule has 1 aliphatic rings. The number of hydrogen-bond acceptors (Lipinski definition) is 4. The fourth-order valence-corrected chi connectivity index (χ4v) is 2.24. The van der Waals surface area contributed by atoms with Gasteiger partial charge in [0.15, 0.2) is 5.82 Å². The third-order valence-electron chi connectivity index (χ3n) is 3.31. The standard InChI is InChI=1S/C15H15F2N3O/c16-11-9-14(17)15(19-10-11)21-13-3-1-12(2-4-13)20-7-5-18-6-8-20/h1-4,9-10,18H,5-8H2. The van der Waals surface area contributed by atoms with Gasteiger partial charge in [-0.05, 0) is 24.3 Å². The maximum absolute atomic E-state index is 13.5. The van der Waals surface area contributed by atoms with Crippen molar-refractivity contribution in [2.45, 2.75) is 0 Å². The van der Waals surface area contributed by atoms with Gasteiger partial charge in [0, 0.05) is 37.9 Å². The molecule has 0 radical (unpaired) electrons. The van der Waals surface area contributed by atoms with Crippen molar-refractivity contribution in [2.24, 2.45) is 0 Å². The van der Waals surface area contributed by atoms with Crippen LogP contribution in [0.25, 0.3) is 0 Å². The smallest absolute Gasteiger partial charge is 0.256 e. The molecule has 1 aliphatic heterocycles. The van der Waals surface area contributed by atoms with Crippen molar-refractivity contribution >= 4 is 5.69 Å². The molecule has 0 aliphatic carbocycles. The molecular formula is C15H15F2N3O. The Morgan fingerprint density at radius 1 is 1.10 bits per heavy atom. The highest BCUT2D eigenvalue weighted by atomic mass is 19.1. The lowest BCUT2D eigenvalue weighted by Gasteiger charge is -2.29. The number of halogens is 2. The van der Waals surface area contributed by atoms with Crippen LogP contribution in [0.5, 0.6) is 11.6 Å². The van der Waals surface area contributed by atoms with Crippen LogP contribution in [0.1, 0.15) is 0 Å². The summed E-state index contributed by atoms with van der Waals surface area (Å²) in [6, 6.07) is 8.09. The highest BCUT2D eigenvalue weighted by Gasteiger charge is 2.11. The summed E-state index contributed by atoms with van der Waals surface area (Å²) in [6.45, 7) is 3.83. The van der Waals surface area contributed by atoms with Crippen molar-refractivity contribution in [1.29, 1.82) is 0 Å². The van der Waals surface area contributed by atoms with E-state index in [0.29, 0.717) is 5.75 Å². The average molecular weight is 291 g/mol. The number of hydrogen-bond donors (Lipinski definition) is 1. The fourth-order valence-electron chi connectivity index (χ4n) is 2.24. The van der Waals surface area contributed by atoms with E-state index in [1.165, 1.54) is 0 Å². The Morgan fingerprint density at radius 2 is 1.81 bits per heavy atom. The molecular weight excluding hydrogens is 276 g/mol. The van der Waals surface area contributed by atoms with Crippen LogP contribution in [0.2, 0.25) is 0 Å². The summed E-state index contributed by atoms with van der Waals surface area (Å²) >= 11 is 0. The minimum atomic E-state index is -0.818. The quantitative estimate of drug-likeness (QED) is 0.943. The van der Waals surface area contributed by atoms with E-state index in [9.17, 15) is 8.78 Å². The van der Waals surface area contributed by atoms with Crippen LogP contribution >= 0.6 is 0 Å². The Bertz CT molecular complexity index is 613. The highest BCUT2D eigenvalue weighted by Crippen LogP contribution is 2.25. The van der Waals surface area contributed by atoms with Gasteiger partial charge in [-0.1, -0.05) is 0 Å². The molecule has 1 aromatic heterocycles. The van der Waals surface area contributed by atoms with Gasteiger partial charge in [-0.3, -0.25) is 0 Å². The Labute approximate surface area is 121 Å². The second-order valence-corrected chi connectivity index (χ2v) is 4.77. The van der Waals surface area contributed by atoms with Crippen molar-refractivity contribution in [3.8, 4) is 11.6 Å². The van der Waals surface area contributed by atoms with Crippen LogP contribution in [0, 0.1) is 11.6 Å². The van der Waals surface area contributed by atoms with E-state index in [4.69, 9.17) is 4.74 Å². The maximum atomic E-state index is 13.5. The van der Waals surface area contributed by atoms with Gasteiger partial charge in [-0.15, -0.1) is 0 Å². The summed E-state index contributed by atoms with van der Waals surface area (Å²) in [6.07, 6.45) is 0.924. The molecule has 1 fully saturated rings. The van der Waals surface area contributed by atoms with Gasteiger partial charge >= 0.3 is 0 Å². The molecule has 3 rings (SSSR count). The Balaban J connectivity index is 1.71. The number of ether oxygens (including phenoxy) is 1. The van der Waals surface area contributed by atoms with Crippen molar-refractivity contribution < 1.29 is 13.5 Å². The van der Waals surface area contributed by atoms with Crippen LogP contribution in [0.3, 0.4) is 0 Å². The van der Waals surface area contributed by atoms with E-state index in [-0.39, 0.29) is 5.88 Å². The first-order valence-corrected chi connectivity index (χ1v) is 6.77. The molecule has 0 saturated carbocycles. The normalized spacial score (nSPS) is 15.0. The van der Waals surface area contributed by atoms with Gasteiger partial charge in [0.25, 0.3) is 5.88 Å². The van der Waals surface area contributed by atoms with Gasteiger partial charge in [0.2, 0.25) is 0 Å². The van der Waals surface area contributed by atoms with Crippen molar-refractivity contribution in [3.63, 3.8) is 0 Å². The number of aromatic nitrogens is 1. The Morgan fingerprint density at radius 3 is 2.48 bits per heavy atom. The zero-order valence-electron chi connectivity index (χ0n) is 11.4. The van der Waals surface area contributed by atoms with E-state index in [1.807, 2.05) is 12.1 Å². The number of rotatable bonds is 3. The summed E-state index contributed by atoms with van der Waals surface area (Å²) in [5.74, 6) is -1.31. The van der Waals surface area contributed by atoms with Gasteiger partial charge < -0.3 is 15.0 Å². The van der Waals surface area contributed by atoms with Gasteiger partial charge in [-0.2, -0.15) is 0 Å². The maximum Gasteiger partial charge on any atom is 0.256 e. The molecule has 6 heteroatoms. The average Bonchev–Trinajstić information content (AvgIpc) is 2.52. The van der Waals surface area contributed by atoms with Gasteiger partial charge in [0.1, 0.15) is 11.6 Å². The second kappa shape index (κ2) is 6.05. The molecule has 0 spiro atoms. The topological polar surface area (TPSA) is 37.4 Å². The van der Waals surface area contributed by atoms with Crippen molar-refractivity contribution in [1.82, 2.24) is 10.3 Å². The fraction of sp³-hybridized carbons (Fsp3) is 0.267. The van der Waals surface area contributed by atoms with Crippen LogP contribution in [-0.2, 0) is 0 Å². The molecule has 0 amide bonds. The number of nitrogens with zero attached hydrogens (tertiary/aromatic N) is 2. The Kier molecular flexibility index (Phi) is 3.96. The lowest BCUT2D eigenvalue weighted by atomic mass is 10.2. The summed E-state index contributed by atoms with van der Waals surface area (Å²) in [5.41, 5.74) is 1.09.